The van der Waals surface area contributed by atoms with Crippen LogP contribution in [0.1, 0.15) is 5.69 Å². The van der Waals surface area contributed by atoms with E-state index < -0.39 is 0 Å². The summed E-state index contributed by atoms with van der Waals surface area (Å²) < 4.78 is 0. The van der Waals surface area contributed by atoms with E-state index in [1.807, 2.05) is 30.3 Å². The van der Waals surface area contributed by atoms with Gasteiger partial charge in [0.1, 0.15) is 5.75 Å². The van der Waals surface area contributed by atoms with E-state index in [9.17, 15) is 5.11 Å². The summed E-state index contributed by atoms with van der Waals surface area (Å²) in [6, 6.07) is 13.1. The number of pyridine rings is 1. The summed E-state index contributed by atoms with van der Waals surface area (Å²) in [6.07, 6.45) is 2.63. The molecule has 0 atom stereocenters. The summed E-state index contributed by atoms with van der Waals surface area (Å²) in [4.78, 5) is 4.23. The Morgan fingerprint density at radius 3 is 2.62 bits per heavy atom. The molecular formula is C13H14N2O. The molecular weight excluding hydrogens is 200 g/mol. The number of aromatic nitrogens is 1. The largest absolute Gasteiger partial charge is 0.506 e. The first-order valence-corrected chi connectivity index (χ1v) is 5.28. The number of hydrogen-bond donors (Lipinski definition) is 2. The average Bonchev–Trinajstić information content (AvgIpc) is 2.33. The minimum Gasteiger partial charge on any atom is -0.506 e. The number of phenols is 1. The summed E-state index contributed by atoms with van der Waals surface area (Å²) in [6.45, 7) is 0.759. The van der Waals surface area contributed by atoms with Crippen molar-refractivity contribution in [3.63, 3.8) is 0 Å². The van der Waals surface area contributed by atoms with Gasteiger partial charge in [0.2, 0.25) is 0 Å². The Bertz CT molecular complexity index is 443. The van der Waals surface area contributed by atoms with Crippen LogP contribution in [-0.2, 0) is 6.42 Å². The van der Waals surface area contributed by atoms with Gasteiger partial charge in [-0.3, -0.25) is 4.98 Å². The Hall–Kier alpha value is -2.03. The number of phenolic OH excluding ortho intramolecular Hbond substituents is 1. The van der Waals surface area contributed by atoms with Crippen LogP contribution in [0.2, 0.25) is 0 Å². The number of nitrogens with zero attached hydrogens (tertiary/aromatic N) is 1. The molecule has 16 heavy (non-hydrogen) atoms. The van der Waals surface area contributed by atoms with E-state index >= 15 is 0 Å². The van der Waals surface area contributed by atoms with Crippen molar-refractivity contribution in [3.8, 4) is 5.75 Å². The summed E-state index contributed by atoms with van der Waals surface area (Å²) in [5.74, 6) is 0.281. The Morgan fingerprint density at radius 1 is 1.06 bits per heavy atom. The highest BCUT2D eigenvalue weighted by atomic mass is 16.3. The molecule has 2 rings (SSSR count). The van der Waals surface area contributed by atoms with Crippen LogP contribution in [0.4, 0.5) is 5.69 Å². The fourth-order valence-corrected chi connectivity index (χ4v) is 1.49. The van der Waals surface area contributed by atoms with Crippen molar-refractivity contribution in [2.24, 2.45) is 0 Å². The Kier molecular flexibility index (Phi) is 3.38. The van der Waals surface area contributed by atoms with Gasteiger partial charge >= 0.3 is 0 Å². The Labute approximate surface area is 94.8 Å². The zero-order chi connectivity index (χ0) is 11.2. The molecule has 0 spiro atoms. The van der Waals surface area contributed by atoms with Crippen molar-refractivity contribution >= 4 is 5.69 Å². The summed E-state index contributed by atoms with van der Waals surface area (Å²) in [7, 11) is 0. The maximum absolute atomic E-state index is 9.53. The van der Waals surface area contributed by atoms with E-state index in [1.165, 1.54) is 0 Å². The van der Waals surface area contributed by atoms with E-state index in [4.69, 9.17) is 0 Å². The van der Waals surface area contributed by atoms with Crippen molar-refractivity contribution in [1.82, 2.24) is 4.98 Å². The van der Waals surface area contributed by atoms with Gasteiger partial charge in [-0.15, -0.1) is 0 Å². The number of anilines is 1. The molecule has 0 bridgehead atoms. The van der Waals surface area contributed by atoms with E-state index in [-0.39, 0.29) is 5.75 Å². The zero-order valence-corrected chi connectivity index (χ0v) is 8.93. The normalized spacial score (nSPS) is 10.0. The van der Waals surface area contributed by atoms with Gasteiger partial charge in [-0.05, 0) is 24.3 Å². The Balaban J connectivity index is 1.87. The van der Waals surface area contributed by atoms with Gasteiger partial charge in [0.25, 0.3) is 0 Å². The lowest BCUT2D eigenvalue weighted by Gasteiger charge is -2.07. The molecule has 0 unspecified atom stereocenters. The molecule has 0 aliphatic carbocycles. The van der Waals surface area contributed by atoms with Crippen LogP contribution in [-0.4, -0.2) is 16.6 Å². The van der Waals surface area contributed by atoms with Gasteiger partial charge in [-0.25, -0.2) is 0 Å². The molecule has 1 aromatic carbocycles. The second-order valence-corrected chi connectivity index (χ2v) is 3.52. The monoisotopic (exact) mass is 214 g/mol. The fraction of sp³-hybridized carbons (Fsp3) is 0.154. The van der Waals surface area contributed by atoms with Gasteiger partial charge in [0.15, 0.2) is 0 Å². The molecule has 1 heterocycles. The molecule has 3 nitrogen and oxygen atoms in total. The SMILES string of the molecule is Oc1ccccc1NCCc1ccccn1. The first-order chi connectivity index (χ1) is 7.86. The number of aromatic hydroxyl groups is 1. The average molecular weight is 214 g/mol. The third-order valence-electron chi connectivity index (χ3n) is 2.33. The van der Waals surface area contributed by atoms with Crippen molar-refractivity contribution in [2.45, 2.75) is 6.42 Å². The van der Waals surface area contributed by atoms with E-state index in [0.717, 1.165) is 24.3 Å². The molecule has 0 saturated heterocycles. The predicted octanol–water partition coefficient (Wildman–Crippen LogP) is 2.44. The fourth-order valence-electron chi connectivity index (χ4n) is 1.49. The van der Waals surface area contributed by atoms with Gasteiger partial charge in [0.05, 0.1) is 5.69 Å². The van der Waals surface area contributed by atoms with Crippen molar-refractivity contribution in [2.75, 3.05) is 11.9 Å². The van der Waals surface area contributed by atoms with E-state index in [0.29, 0.717) is 0 Å². The van der Waals surface area contributed by atoms with Crippen molar-refractivity contribution < 1.29 is 5.11 Å². The minimum atomic E-state index is 0.281. The summed E-state index contributed by atoms with van der Waals surface area (Å²) >= 11 is 0. The zero-order valence-electron chi connectivity index (χ0n) is 8.93. The first-order valence-electron chi connectivity index (χ1n) is 5.28. The smallest absolute Gasteiger partial charge is 0.138 e. The highest BCUT2D eigenvalue weighted by molar-refractivity contribution is 5.55. The van der Waals surface area contributed by atoms with Crippen LogP contribution in [0.15, 0.2) is 48.7 Å². The number of para-hydroxylation sites is 2. The highest BCUT2D eigenvalue weighted by Crippen LogP contribution is 2.21. The second kappa shape index (κ2) is 5.16. The third-order valence-corrected chi connectivity index (χ3v) is 2.33. The van der Waals surface area contributed by atoms with Gasteiger partial charge < -0.3 is 10.4 Å². The topological polar surface area (TPSA) is 45.1 Å². The number of nitrogens with one attached hydrogen (secondary N) is 1. The van der Waals surface area contributed by atoms with Crippen LogP contribution in [0.3, 0.4) is 0 Å². The van der Waals surface area contributed by atoms with Crippen LogP contribution in [0.5, 0.6) is 5.75 Å². The van der Waals surface area contributed by atoms with Crippen molar-refractivity contribution in [1.29, 1.82) is 0 Å². The molecule has 0 fully saturated rings. The van der Waals surface area contributed by atoms with E-state index in [2.05, 4.69) is 10.3 Å². The highest BCUT2D eigenvalue weighted by Gasteiger charge is 1.98. The number of hydrogen-bond acceptors (Lipinski definition) is 3. The van der Waals surface area contributed by atoms with Crippen LogP contribution >= 0.6 is 0 Å². The summed E-state index contributed by atoms with van der Waals surface area (Å²) in [5.41, 5.74) is 1.81. The standard InChI is InChI=1S/C13H14N2O/c16-13-7-2-1-6-12(13)15-10-8-11-5-3-4-9-14-11/h1-7,9,15-16H,8,10H2. The predicted molar refractivity (Wildman–Crippen MR) is 64.5 cm³/mol. The lowest BCUT2D eigenvalue weighted by molar-refractivity contribution is 0.477. The number of rotatable bonds is 4. The van der Waals surface area contributed by atoms with Crippen molar-refractivity contribution in [3.05, 3.63) is 54.4 Å². The second-order valence-electron chi connectivity index (χ2n) is 3.52. The molecule has 2 N–H and O–H groups in total. The van der Waals surface area contributed by atoms with Crippen LogP contribution < -0.4 is 5.32 Å². The molecule has 0 aliphatic rings. The van der Waals surface area contributed by atoms with Crippen LogP contribution in [0.25, 0.3) is 0 Å². The summed E-state index contributed by atoms with van der Waals surface area (Å²) in [5, 5.41) is 12.7. The molecule has 0 aliphatic heterocycles. The minimum absolute atomic E-state index is 0.281. The molecule has 82 valence electrons. The molecule has 1 aromatic heterocycles. The molecule has 3 heteroatoms. The van der Waals surface area contributed by atoms with Gasteiger partial charge in [-0.2, -0.15) is 0 Å². The van der Waals surface area contributed by atoms with Gasteiger partial charge in [0, 0.05) is 24.9 Å². The third kappa shape index (κ3) is 2.73. The molecule has 0 amide bonds. The maximum Gasteiger partial charge on any atom is 0.138 e. The van der Waals surface area contributed by atoms with Crippen LogP contribution in [0, 0.1) is 0 Å². The van der Waals surface area contributed by atoms with Gasteiger partial charge in [-0.1, -0.05) is 18.2 Å². The quantitative estimate of drug-likeness (QED) is 0.768. The Morgan fingerprint density at radius 2 is 1.88 bits per heavy atom. The maximum atomic E-state index is 9.53. The lowest BCUT2D eigenvalue weighted by atomic mass is 10.2. The van der Waals surface area contributed by atoms with E-state index in [1.54, 1.807) is 18.3 Å². The first kappa shape index (κ1) is 10.5. The number of benzene rings is 1. The molecule has 0 radical (unpaired) electrons. The lowest BCUT2D eigenvalue weighted by Crippen LogP contribution is -2.05. The molecule has 2 aromatic rings. The molecule has 0 saturated carbocycles.